The van der Waals surface area contributed by atoms with Crippen LogP contribution in [-0.4, -0.2) is 44.2 Å². The van der Waals surface area contributed by atoms with Gasteiger partial charge in [-0.25, -0.2) is 0 Å². The lowest BCUT2D eigenvalue weighted by Crippen LogP contribution is -2.33. The second-order valence-corrected chi connectivity index (χ2v) is 8.06. The molecule has 6 heteroatoms. The van der Waals surface area contributed by atoms with Gasteiger partial charge in [-0.15, -0.1) is 10.2 Å². The molecule has 5 nitrogen and oxygen atoms in total. The molecule has 0 aliphatic carbocycles. The van der Waals surface area contributed by atoms with Crippen molar-refractivity contribution in [2.75, 3.05) is 18.8 Å². The van der Waals surface area contributed by atoms with Crippen LogP contribution in [0.5, 0.6) is 0 Å². The van der Waals surface area contributed by atoms with Crippen LogP contribution in [0.4, 0.5) is 0 Å². The molecule has 136 valence electrons. The normalized spacial score (nSPS) is 15.5. The highest BCUT2D eigenvalue weighted by atomic mass is 32.2. The molecular formula is C20H24N4OS. The molecule has 0 spiro atoms. The molecule has 1 amide bonds. The van der Waals surface area contributed by atoms with Gasteiger partial charge in [-0.1, -0.05) is 36.7 Å². The van der Waals surface area contributed by atoms with E-state index in [4.69, 9.17) is 0 Å². The van der Waals surface area contributed by atoms with Gasteiger partial charge < -0.3 is 4.90 Å². The molecule has 0 saturated carbocycles. The third-order valence-electron chi connectivity index (χ3n) is 5.07. The van der Waals surface area contributed by atoms with Crippen molar-refractivity contribution in [3.05, 3.63) is 35.4 Å². The van der Waals surface area contributed by atoms with Crippen molar-refractivity contribution in [1.82, 2.24) is 19.5 Å². The number of hydrogen-bond acceptors (Lipinski definition) is 4. The number of likely N-dealkylation sites (tertiary alicyclic amines) is 1. The standard InChI is InChI=1S/C20H24N4OS/c1-14-7-8-16-12-15(2)19-21-22-20(24(19)17(16)11-14)26-13-18(25)23-9-5-3-4-6-10-23/h7-8,11-12H,3-6,9-10,13H2,1-2H3. The number of amides is 1. The first kappa shape index (κ1) is 17.3. The predicted molar refractivity (Wildman–Crippen MR) is 106 cm³/mol. The smallest absolute Gasteiger partial charge is 0.233 e. The van der Waals surface area contributed by atoms with Gasteiger partial charge in [0.2, 0.25) is 5.91 Å². The number of thioether (sulfide) groups is 1. The van der Waals surface area contributed by atoms with Crippen molar-refractivity contribution in [2.24, 2.45) is 0 Å². The lowest BCUT2D eigenvalue weighted by molar-refractivity contribution is -0.128. The van der Waals surface area contributed by atoms with Gasteiger partial charge in [0.05, 0.1) is 11.3 Å². The Hall–Kier alpha value is -2.08. The maximum Gasteiger partial charge on any atom is 0.233 e. The number of hydrogen-bond donors (Lipinski definition) is 0. The summed E-state index contributed by atoms with van der Waals surface area (Å²) >= 11 is 1.49. The molecule has 1 aliphatic rings. The quantitative estimate of drug-likeness (QED) is 0.656. The van der Waals surface area contributed by atoms with E-state index in [9.17, 15) is 4.79 Å². The second kappa shape index (κ2) is 7.27. The zero-order chi connectivity index (χ0) is 18.1. The molecule has 26 heavy (non-hydrogen) atoms. The molecule has 4 rings (SSSR count). The van der Waals surface area contributed by atoms with Crippen molar-refractivity contribution in [3.63, 3.8) is 0 Å². The molecule has 0 radical (unpaired) electrons. The third-order valence-corrected chi connectivity index (χ3v) is 5.98. The minimum absolute atomic E-state index is 0.210. The van der Waals surface area contributed by atoms with Gasteiger partial charge in [0.15, 0.2) is 10.8 Å². The van der Waals surface area contributed by atoms with E-state index in [0.29, 0.717) is 5.75 Å². The van der Waals surface area contributed by atoms with E-state index in [1.807, 2.05) is 4.90 Å². The van der Waals surface area contributed by atoms with Crippen LogP contribution in [0.1, 0.15) is 36.8 Å². The number of aryl methyl sites for hydroxylation is 2. The molecule has 0 atom stereocenters. The van der Waals surface area contributed by atoms with Crippen molar-refractivity contribution in [1.29, 1.82) is 0 Å². The Kier molecular flexibility index (Phi) is 4.85. The molecule has 0 bridgehead atoms. The van der Waals surface area contributed by atoms with Crippen LogP contribution in [0, 0.1) is 13.8 Å². The van der Waals surface area contributed by atoms with E-state index in [0.717, 1.165) is 47.8 Å². The predicted octanol–water partition coefficient (Wildman–Crippen LogP) is 3.99. The van der Waals surface area contributed by atoms with Crippen LogP contribution in [0.3, 0.4) is 0 Å². The van der Waals surface area contributed by atoms with Crippen LogP contribution in [0.25, 0.3) is 16.6 Å². The largest absolute Gasteiger partial charge is 0.342 e. The summed E-state index contributed by atoms with van der Waals surface area (Å²) in [7, 11) is 0. The van der Waals surface area contributed by atoms with Crippen LogP contribution < -0.4 is 0 Å². The number of carbonyl (C=O) groups is 1. The Labute approximate surface area is 157 Å². The molecule has 0 N–H and O–H groups in total. The van der Waals surface area contributed by atoms with Gasteiger partial charge in [-0.3, -0.25) is 9.20 Å². The van der Waals surface area contributed by atoms with Gasteiger partial charge in [-0.2, -0.15) is 0 Å². The molecule has 3 heterocycles. The van der Waals surface area contributed by atoms with Gasteiger partial charge in [0.25, 0.3) is 0 Å². The maximum absolute atomic E-state index is 12.6. The summed E-state index contributed by atoms with van der Waals surface area (Å²) in [5.74, 6) is 0.629. The van der Waals surface area contributed by atoms with Gasteiger partial charge >= 0.3 is 0 Å². The summed E-state index contributed by atoms with van der Waals surface area (Å²) < 4.78 is 2.10. The number of aromatic nitrogens is 3. The average molecular weight is 369 g/mol. The number of pyridine rings is 1. The number of fused-ring (bicyclic) bond motifs is 3. The molecule has 1 fully saturated rings. The second-order valence-electron chi connectivity index (χ2n) is 7.11. The van der Waals surface area contributed by atoms with Crippen LogP contribution in [-0.2, 0) is 4.79 Å². The Balaban J connectivity index is 1.63. The highest BCUT2D eigenvalue weighted by molar-refractivity contribution is 7.99. The Morgan fingerprint density at radius 3 is 2.62 bits per heavy atom. The van der Waals surface area contributed by atoms with E-state index in [1.54, 1.807) is 0 Å². The summed E-state index contributed by atoms with van der Waals surface area (Å²) in [4.78, 5) is 14.6. The van der Waals surface area contributed by atoms with E-state index in [2.05, 4.69) is 52.7 Å². The third kappa shape index (κ3) is 3.30. The number of carbonyl (C=O) groups excluding carboxylic acids is 1. The summed E-state index contributed by atoms with van der Waals surface area (Å²) in [5, 5.41) is 10.7. The number of benzene rings is 1. The van der Waals surface area contributed by atoms with Gasteiger partial charge in [0, 0.05) is 13.1 Å². The fourth-order valence-electron chi connectivity index (χ4n) is 3.64. The summed E-state index contributed by atoms with van der Waals surface area (Å²) in [6.45, 7) is 5.92. The Bertz CT molecular complexity index is 957. The van der Waals surface area contributed by atoms with E-state index < -0.39 is 0 Å². The molecule has 1 aliphatic heterocycles. The van der Waals surface area contributed by atoms with Crippen molar-refractivity contribution >= 4 is 34.2 Å². The minimum Gasteiger partial charge on any atom is -0.342 e. The fraction of sp³-hybridized carbons (Fsp3) is 0.450. The first-order valence-electron chi connectivity index (χ1n) is 9.29. The molecule has 1 aromatic carbocycles. The molecular weight excluding hydrogens is 344 g/mol. The van der Waals surface area contributed by atoms with E-state index in [-0.39, 0.29) is 5.91 Å². The lowest BCUT2D eigenvalue weighted by atomic mass is 10.1. The molecule has 3 aromatic rings. The molecule has 0 unspecified atom stereocenters. The number of nitrogens with zero attached hydrogens (tertiary/aromatic N) is 4. The Morgan fingerprint density at radius 2 is 1.85 bits per heavy atom. The highest BCUT2D eigenvalue weighted by Gasteiger charge is 2.18. The highest BCUT2D eigenvalue weighted by Crippen LogP contribution is 2.26. The first-order chi connectivity index (χ1) is 12.6. The van der Waals surface area contributed by atoms with Crippen LogP contribution in [0.2, 0.25) is 0 Å². The SMILES string of the molecule is Cc1ccc2cc(C)c3nnc(SCC(=O)N4CCCCCC4)n3c2c1. The van der Waals surface area contributed by atoms with Crippen LogP contribution >= 0.6 is 11.8 Å². The number of rotatable bonds is 3. The monoisotopic (exact) mass is 368 g/mol. The van der Waals surface area contributed by atoms with Crippen molar-refractivity contribution in [2.45, 2.75) is 44.7 Å². The van der Waals surface area contributed by atoms with E-state index >= 15 is 0 Å². The Morgan fingerprint density at radius 1 is 1.08 bits per heavy atom. The summed E-state index contributed by atoms with van der Waals surface area (Å²) in [6.07, 6.45) is 4.70. The van der Waals surface area contributed by atoms with Crippen molar-refractivity contribution < 1.29 is 4.79 Å². The molecule has 2 aromatic heterocycles. The van der Waals surface area contributed by atoms with Gasteiger partial charge in [0.1, 0.15) is 0 Å². The molecule has 1 saturated heterocycles. The zero-order valence-corrected chi connectivity index (χ0v) is 16.2. The minimum atomic E-state index is 0.210. The average Bonchev–Trinajstić information content (AvgIpc) is 2.87. The lowest BCUT2D eigenvalue weighted by Gasteiger charge is -2.19. The van der Waals surface area contributed by atoms with Crippen LogP contribution in [0.15, 0.2) is 29.4 Å². The first-order valence-corrected chi connectivity index (χ1v) is 10.3. The zero-order valence-electron chi connectivity index (χ0n) is 15.4. The topological polar surface area (TPSA) is 50.5 Å². The fourth-order valence-corrected chi connectivity index (χ4v) is 4.49. The van der Waals surface area contributed by atoms with Crippen molar-refractivity contribution in [3.8, 4) is 0 Å². The summed E-state index contributed by atoms with van der Waals surface area (Å²) in [6, 6.07) is 8.56. The maximum atomic E-state index is 12.6. The summed E-state index contributed by atoms with van der Waals surface area (Å²) in [5.41, 5.74) is 4.26. The van der Waals surface area contributed by atoms with E-state index in [1.165, 1.54) is 35.6 Å². The van der Waals surface area contributed by atoms with Gasteiger partial charge in [-0.05, 0) is 55.3 Å².